The van der Waals surface area contributed by atoms with E-state index in [1.54, 1.807) is 0 Å². The van der Waals surface area contributed by atoms with Crippen molar-refractivity contribution in [3.05, 3.63) is 163 Å². The second-order valence-electron chi connectivity index (χ2n) is 11.4. The van der Waals surface area contributed by atoms with Crippen LogP contribution in [0.25, 0.3) is 66.0 Å². The van der Waals surface area contributed by atoms with Gasteiger partial charge >= 0.3 is 0 Å². The summed E-state index contributed by atoms with van der Waals surface area (Å²) in [6, 6.07) is 54.9. The number of para-hydroxylation sites is 2. The number of aromatic nitrogens is 2. The van der Waals surface area contributed by atoms with Gasteiger partial charge in [0.05, 0.1) is 11.0 Å². The maximum absolute atomic E-state index is 4.88. The lowest BCUT2D eigenvalue weighted by molar-refractivity contribution is 0.753. The number of nitrogens with zero attached hydrogens (tertiary/aromatic N) is 2. The molecule has 0 radical (unpaired) electrons. The van der Waals surface area contributed by atoms with Gasteiger partial charge < -0.3 is 4.57 Å². The summed E-state index contributed by atoms with van der Waals surface area (Å²) in [5.41, 5.74) is 11.0. The molecule has 8 aromatic rings. The van der Waals surface area contributed by atoms with Gasteiger partial charge in [0.1, 0.15) is 5.82 Å². The third-order valence-electron chi connectivity index (χ3n) is 8.85. The normalized spacial score (nSPS) is 11.5. The summed E-state index contributed by atoms with van der Waals surface area (Å²) in [6.45, 7) is 2.99. The fourth-order valence-corrected chi connectivity index (χ4v) is 6.74. The van der Waals surface area contributed by atoms with E-state index in [4.69, 9.17) is 4.98 Å². The lowest BCUT2D eigenvalue weighted by atomic mass is 9.85. The number of imidazole rings is 1. The largest absolute Gasteiger partial charge is 0.323 e. The number of benzene rings is 7. The molecule has 2 nitrogen and oxygen atoms in total. The molecule has 0 saturated carbocycles. The van der Waals surface area contributed by atoms with E-state index < -0.39 is 0 Å². The van der Waals surface area contributed by atoms with E-state index in [2.05, 4.69) is 163 Å². The average Bonchev–Trinajstić information content (AvgIpc) is 3.45. The van der Waals surface area contributed by atoms with Crippen LogP contribution in [0.5, 0.6) is 0 Å². The average molecular weight is 565 g/mol. The van der Waals surface area contributed by atoms with Gasteiger partial charge in [-0.2, -0.15) is 0 Å². The number of fused-ring (bicyclic) bond motifs is 3. The molecule has 0 saturated heterocycles. The highest BCUT2D eigenvalue weighted by Gasteiger charge is 2.17. The molecule has 8 rings (SSSR count). The Morgan fingerprint density at radius 2 is 0.909 bits per heavy atom. The summed E-state index contributed by atoms with van der Waals surface area (Å²) in [6.07, 6.45) is 0.909. The van der Waals surface area contributed by atoms with E-state index in [9.17, 15) is 0 Å². The van der Waals surface area contributed by atoms with E-state index >= 15 is 0 Å². The van der Waals surface area contributed by atoms with Crippen molar-refractivity contribution in [2.75, 3.05) is 0 Å². The highest BCUT2D eigenvalue weighted by molar-refractivity contribution is 6.21. The summed E-state index contributed by atoms with van der Waals surface area (Å²) in [4.78, 5) is 4.88. The van der Waals surface area contributed by atoms with Crippen LogP contribution >= 0.6 is 0 Å². The molecule has 2 heteroatoms. The first-order valence-corrected chi connectivity index (χ1v) is 15.4. The zero-order chi connectivity index (χ0) is 29.5. The SMILES string of the molecule is CCc1nc2ccccc2n1Cc1ccc(-c2c3ccccc3c(-c3ccc(-c4ccccc4)cc3)c3ccccc23)cc1. The fourth-order valence-electron chi connectivity index (χ4n) is 6.74. The third-order valence-corrected chi connectivity index (χ3v) is 8.85. The molecule has 44 heavy (non-hydrogen) atoms. The van der Waals surface area contributed by atoms with Crippen LogP contribution in [-0.2, 0) is 13.0 Å². The first-order valence-electron chi connectivity index (χ1n) is 15.4. The fraction of sp³-hybridized carbons (Fsp3) is 0.0714. The standard InChI is InChI=1S/C42H32N2/c1-2-40-43-38-18-10-11-19-39(38)44(40)28-29-20-22-32(23-21-29)41-34-14-6-8-16-36(34)42(37-17-9-7-15-35(37)41)33-26-24-31(25-27-33)30-12-4-3-5-13-30/h3-27H,2,28H2,1H3. The molecule has 0 N–H and O–H groups in total. The Balaban J connectivity index is 1.24. The molecular formula is C42H32N2. The summed E-state index contributed by atoms with van der Waals surface area (Å²) in [5.74, 6) is 1.12. The summed E-state index contributed by atoms with van der Waals surface area (Å²) in [7, 11) is 0. The predicted molar refractivity (Wildman–Crippen MR) is 186 cm³/mol. The molecular weight excluding hydrogens is 532 g/mol. The van der Waals surface area contributed by atoms with Gasteiger partial charge in [0.25, 0.3) is 0 Å². The van der Waals surface area contributed by atoms with Crippen LogP contribution in [0.1, 0.15) is 18.3 Å². The second kappa shape index (κ2) is 11.0. The zero-order valence-electron chi connectivity index (χ0n) is 24.7. The van der Waals surface area contributed by atoms with Gasteiger partial charge in [-0.05, 0) is 72.6 Å². The number of aryl methyl sites for hydroxylation is 1. The number of rotatable bonds is 6. The molecule has 0 aliphatic heterocycles. The van der Waals surface area contributed by atoms with E-state index in [-0.39, 0.29) is 0 Å². The molecule has 0 aliphatic rings. The van der Waals surface area contributed by atoms with Crippen molar-refractivity contribution in [3.63, 3.8) is 0 Å². The Hall–Kier alpha value is -5.47. The highest BCUT2D eigenvalue weighted by Crippen LogP contribution is 2.43. The Kier molecular flexibility index (Phi) is 6.53. The molecule has 1 heterocycles. The summed E-state index contributed by atoms with van der Waals surface area (Å²) < 4.78 is 2.35. The molecule has 7 aromatic carbocycles. The van der Waals surface area contributed by atoms with E-state index in [1.165, 1.54) is 66.0 Å². The minimum absolute atomic E-state index is 0.809. The second-order valence-corrected chi connectivity index (χ2v) is 11.4. The van der Waals surface area contributed by atoms with Crippen LogP contribution < -0.4 is 0 Å². The topological polar surface area (TPSA) is 17.8 Å². The molecule has 210 valence electrons. The summed E-state index contributed by atoms with van der Waals surface area (Å²) >= 11 is 0. The van der Waals surface area contributed by atoms with Gasteiger partial charge in [0.2, 0.25) is 0 Å². The van der Waals surface area contributed by atoms with E-state index in [0.717, 1.165) is 24.3 Å². The molecule has 1 aromatic heterocycles. The maximum Gasteiger partial charge on any atom is 0.109 e. The quantitative estimate of drug-likeness (QED) is 0.184. The summed E-state index contributed by atoms with van der Waals surface area (Å²) in [5, 5.41) is 5.09. The molecule has 0 amide bonds. The van der Waals surface area contributed by atoms with Crippen molar-refractivity contribution < 1.29 is 0 Å². The zero-order valence-corrected chi connectivity index (χ0v) is 24.7. The van der Waals surface area contributed by atoms with Gasteiger partial charge in [-0.15, -0.1) is 0 Å². The minimum atomic E-state index is 0.809. The molecule has 0 bridgehead atoms. The highest BCUT2D eigenvalue weighted by atomic mass is 15.1. The Morgan fingerprint density at radius 1 is 0.455 bits per heavy atom. The van der Waals surface area contributed by atoms with Crippen molar-refractivity contribution in [1.29, 1.82) is 0 Å². The third kappa shape index (κ3) is 4.47. The predicted octanol–water partition coefficient (Wildman–Crippen LogP) is 11.0. The number of hydrogen-bond donors (Lipinski definition) is 0. The van der Waals surface area contributed by atoms with Crippen molar-refractivity contribution in [2.24, 2.45) is 0 Å². The lowest BCUT2D eigenvalue weighted by Gasteiger charge is -2.18. The molecule has 0 unspecified atom stereocenters. The van der Waals surface area contributed by atoms with Crippen LogP contribution in [0, 0.1) is 0 Å². The first kappa shape index (κ1) is 26.2. The van der Waals surface area contributed by atoms with Crippen LogP contribution in [0.15, 0.2) is 152 Å². The van der Waals surface area contributed by atoms with Crippen LogP contribution in [0.3, 0.4) is 0 Å². The molecule has 0 fully saturated rings. The van der Waals surface area contributed by atoms with Crippen LogP contribution in [0.4, 0.5) is 0 Å². The van der Waals surface area contributed by atoms with Gasteiger partial charge in [0, 0.05) is 13.0 Å². The minimum Gasteiger partial charge on any atom is -0.323 e. The van der Waals surface area contributed by atoms with Gasteiger partial charge in [-0.25, -0.2) is 4.98 Å². The van der Waals surface area contributed by atoms with E-state index in [1.807, 2.05) is 0 Å². The Bertz CT molecular complexity index is 2200. The van der Waals surface area contributed by atoms with Crippen molar-refractivity contribution in [3.8, 4) is 33.4 Å². The molecule has 0 aliphatic carbocycles. The smallest absolute Gasteiger partial charge is 0.109 e. The Morgan fingerprint density at radius 3 is 1.48 bits per heavy atom. The van der Waals surface area contributed by atoms with Gasteiger partial charge in [-0.1, -0.05) is 146 Å². The lowest BCUT2D eigenvalue weighted by Crippen LogP contribution is -2.04. The molecule has 0 spiro atoms. The van der Waals surface area contributed by atoms with E-state index in [0.29, 0.717) is 0 Å². The monoisotopic (exact) mass is 564 g/mol. The molecule has 0 atom stereocenters. The van der Waals surface area contributed by atoms with Gasteiger partial charge in [-0.3, -0.25) is 0 Å². The first-order chi connectivity index (χ1) is 21.8. The van der Waals surface area contributed by atoms with Crippen LogP contribution in [-0.4, -0.2) is 9.55 Å². The van der Waals surface area contributed by atoms with Gasteiger partial charge in [0.15, 0.2) is 0 Å². The van der Waals surface area contributed by atoms with Crippen molar-refractivity contribution >= 4 is 32.6 Å². The van der Waals surface area contributed by atoms with Crippen molar-refractivity contribution in [1.82, 2.24) is 9.55 Å². The number of hydrogen-bond acceptors (Lipinski definition) is 1. The maximum atomic E-state index is 4.88. The Labute approximate surface area is 257 Å². The van der Waals surface area contributed by atoms with Crippen LogP contribution in [0.2, 0.25) is 0 Å². The van der Waals surface area contributed by atoms with Crippen molar-refractivity contribution in [2.45, 2.75) is 19.9 Å².